The summed E-state index contributed by atoms with van der Waals surface area (Å²) in [5.74, 6) is -0.487. The van der Waals surface area contributed by atoms with Crippen molar-refractivity contribution in [3.63, 3.8) is 0 Å². The van der Waals surface area contributed by atoms with Gasteiger partial charge in [0.25, 0.3) is 0 Å². The molecule has 5 nitrogen and oxygen atoms in total. The van der Waals surface area contributed by atoms with Gasteiger partial charge in [0.1, 0.15) is 0 Å². The van der Waals surface area contributed by atoms with E-state index in [4.69, 9.17) is 0 Å². The molecule has 0 heterocycles. The van der Waals surface area contributed by atoms with E-state index in [1.165, 1.54) is 35.7 Å². The van der Waals surface area contributed by atoms with Crippen LogP contribution in [-0.2, 0) is 14.8 Å². The summed E-state index contributed by atoms with van der Waals surface area (Å²) in [5, 5.41) is 0. The topological polar surface area (TPSA) is 63.7 Å². The standard InChI is InChI=1S/C14H21NO4S/c1-10(2)15(11(3)4)20(17,18)13-8-6-12(7-9-13)14(16)19-5/h6-11H,1-5H3. The fourth-order valence-corrected chi connectivity index (χ4v) is 3.99. The summed E-state index contributed by atoms with van der Waals surface area (Å²) in [6.45, 7) is 7.33. The molecule has 1 aromatic rings. The quantitative estimate of drug-likeness (QED) is 0.782. The normalized spacial score (nSPS) is 12.2. The molecule has 0 atom stereocenters. The minimum Gasteiger partial charge on any atom is -0.465 e. The predicted molar refractivity (Wildman–Crippen MR) is 77.1 cm³/mol. The highest BCUT2D eigenvalue weighted by Crippen LogP contribution is 2.21. The Kier molecular flexibility index (Phi) is 5.30. The van der Waals surface area contributed by atoms with Crippen LogP contribution >= 0.6 is 0 Å². The number of nitrogens with zero attached hydrogens (tertiary/aromatic N) is 1. The summed E-state index contributed by atoms with van der Waals surface area (Å²) in [5.41, 5.74) is 0.326. The Morgan fingerprint density at radius 1 is 1.05 bits per heavy atom. The molecule has 0 fully saturated rings. The Balaban J connectivity index is 3.19. The van der Waals surface area contributed by atoms with Crippen molar-refractivity contribution in [3.05, 3.63) is 29.8 Å². The van der Waals surface area contributed by atoms with Crippen LogP contribution in [0.4, 0.5) is 0 Å². The van der Waals surface area contributed by atoms with Crippen LogP contribution < -0.4 is 0 Å². The van der Waals surface area contributed by atoms with Crippen LogP contribution in [0.2, 0.25) is 0 Å². The first-order valence-corrected chi connectivity index (χ1v) is 7.87. The van der Waals surface area contributed by atoms with Crippen LogP contribution in [0.1, 0.15) is 38.1 Å². The molecule has 6 heteroatoms. The Bertz CT molecular complexity index is 553. The minimum absolute atomic E-state index is 0.139. The van der Waals surface area contributed by atoms with E-state index in [1.54, 1.807) is 0 Å². The smallest absolute Gasteiger partial charge is 0.337 e. The lowest BCUT2D eigenvalue weighted by molar-refractivity contribution is 0.0600. The zero-order valence-electron chi connectivity index (χ0n) is 12.5. The number of hydrogen-bond donors (Lipinski definition) is 0. The maximum Gasteiger partial charge on any atom is 0.337 e. The highest BCUT2D eigenvalue weighted by molar-refractivity contribution is 7.89. The van der Waals surface area contributed by atoms with Crippen molar-refractivity contribution in [3.8, 4) is 0 Å². The number of ether oxygens (including phenoxy) is 1. The van der Waals surface area contributed by atoms with Crippen molar-refractivity contribution in [1.29, 1.82) is 0 Å². The average molecular weight is 299 g/mol. The third kappa shape index (κ3) is 3.37. The number of methoxy groups -OCH3 is 1. The largest absolute Gasteiger partial charge is 0.465 e. The van der Waals surface area contributed by atoms with Gasteiger partial charge in [-0.1, -0.05) is 0 Å². The van der Waals surface area contributed by atoms with E-state index in [-0.39, 0.29) is 17.0 Å². The number of rotatable bonds is 5. The van der Waals surface area contributed by atoms with E-state index >= 15 is 0 Å². The van der Waals surface area contributed by atoms with Gasteiger partial charge in [-0.15, -0.1) is 0 Å². The molecule has 0 saturated heterocycles. The maximum absolute atomic E-state index is 12.6. The van der Waals surface area contributed by atoms with E-state index in [9.17, 15) is 13.2 Å². The lowest BCUT2D eigenvalue weighted by atomic mass is 10.2. The molecular weight excluding hydrogens is 278 g/mol. The monoisotopic (exact) mass is 299 g/mol. The molecule has 1 aromatic carbocycles. The van der Waals surface area contributed by atoms with E-state index in [0.717, 1.165) is 0 Å². The molecule has 0 aliphatic heterocycles. The molecule has 0 amide bonds. The van der Waals surface area contributed by atoms with Gasteiger partial charge in [-0.2, -0.15) is 4.31 Å². The van der Waals surface area contributed by atoms with Crippen LogP contribution in [0.5, 0.6) is 0 Å². The number of sulfonamides is 1. The number of esters is 1. The Labute approximate surface area is 120 Å². The molecular formula is C14H21NO4S. The van der Waals surface area contributed by atoms with Gasteiger partial charge >= 0.3 is 5.97 Å². The van der Waals surface area contributed by atoms with Crippen LogP contribution in [0, 0.1) is 0 Å². The first-order valence-electron chi connectivity index (χ1n) is 6.43. The van der Waals surface area contributed by atoms with Crippen molar-refractivity contribution in [1.82, 2.24) is 4.31 Å². The Hall–Kier alpha value is -1.40. The number of benzene rings is 1. The van der Waals surface area contributed by atoms with Crippen LogP contribution in [0.25, 0.3) is 0 Å². The van der Waals surface area contributed by atoms with Gasteiger partial charge in [0.2, 0.25) is 10.0 Å². The third-order valence-electron chi connectivity index (χ3n) is 2.87. The Morgan fingerprint density at radius 2 is 1.50 bits per heavy atom. The van der Waals surface area contributed by atoms with Crippen molar-refractivity contribution >= 4 is 16.0 Å². The molecule has 0 spiro atoms. The van der Waals surface area contributed by atoms with Crippen molar-refractivity contribution in [2.45, 2.75) is 44.7 Å². The molecule has 0 N–H and O–H groups in total. The highest BCUT2D eigenvalue weighted by atomic mass is 32.2. The first kappa shape index (κ1) is 16.7. The highest BCUT2D eigenvalue weighted by Gasteiger charge is 2.29. The zero-order chi connectivity index (χ0) is 15.5. The van der Waals surface area contributed by atoms with Gasteiger partial charge in [-0.05, 0) is 52.0 Å². The fraction of sp³-hybridized carbons (Fsp3) is 0.500. The Morgan fingerprint density at radius 3 is 1.85 bits per heavy atom. The van der Waals surface area contributed by atoms with Crippen LogP contribution in [-0.4, -0.2) is 37.9 Å². The SMILES string of the molecule is COC(=O)c1ccc(S(=O)(=O)N(C(C)C)C(C)C)cc1. The summed E-state index contributed by atoms with van der Waals surface area (Å²) in [7, 11) is -2.28. The summed E-state index contributed by atoms with van der Waals surface area (Å²) >= 11 is 0. The van der Waals surface area contributed by atoms with Gasteiger partial charge in [-0.25, -0.2) is 13.2 Å². The first-order chi connectivity index (χ1) is 9.21. The number of hydrogen-bond acceptors (Lipinski definition) is 4. The van der Waals surface area contributed by atoms with E-state index in [1.807, 2.05) is 27.7 Å². The molecule has 0 unspecified atom stereocenters. The van der Waals surface area contributed by atoms with Gasteiger partial charge in [0.15, 0.2) is 0 Å². The molecule has 0 bridgehead atoms. The molecule has 112 valence electrons. The lowest BCUT2D eigenvalue weighted by Crippen LogP contribution is -2.41. The van der Waals surface area contributed by atoms with Crippen molar-refractivity contribution in [2.24, 2.45) is 0 Å². The fourth-order valence-electron chi connectivity index (χ4n) is 2.15. The van der Waals surface area contributed by atoms with Gasteiger partial charge in [-0.3, -0.25) is 0 Å². The van der Waals surface area contributed by atoms with E-state index < -0.39 is 16.0 Å². The third-order valence-corrected chi connectivity index (χ3v) is 5.13. The van der Waals surface area contributed by atoms with Gasteiger partial charge in [0, 0.05) is 12.1 Å². The average Bonchev–Trinajstić information content (AvgIpc) is 2.36. The second-order valence-corrected chi connectivity index (χ2v) is 6.88. The molecule has 20 heavy (non-hydrogen) atoms. The maximum atomic E-state index is 12.6. The van der Waals surface area contributed by atoms with Gasteiger partial charge in [0.05, 0.1) is 17.6 Å². The minimum atomic E-state index is -3.57. The molecule has 0 aliphatic rings. The summed E-state index contributed by atoms with van der Waals surface area (Å²) in [6.07, 6.45) is 0. The van der Waals surface area contributed by atoms with E-state index in [2.05, 4.69) is 4.74 Å². The number of carbonyl (C=O) groups is 1. The second kappa shape index (κ2) is 6.37. The van der Waals surface area contributed by atoms with Crippen LogP contribution in [0.15, 0.2) is 29.2 Å². The second-order valence-electron chi connectivity index (χ2n) is 5.04. The molecule has 0 radical (unpaired) electrons. The number of carbonyl (C=O) groups excluding carboxylic acids is 1. The molecule has 0 aliphatic carbocycles. The summed E-state index contributed by atoms with van der Waals surface area (Å²) in [6, 6.07) is 5.49. The summed E-state index contributed by atoms with van der Waals surface area (Å²) < 4.78 is 31.2. The lowest BCUT2D eigenvalue weighted by Gasteiger charge is -2.29. The molecule has 1 rings (SSSR count). The summed E-state index contributed by atoms with van der Waals surface area (Å²) in [4.78, 5) is 11.5. The predicted octanol–water partition coefficient (Wildman–Crippen LogP) is 2.28. The van der Waals surface area contributed by atoms with Crippen molar-refractivity contribution < 1.29 is 17.9 Å². The molecule has 0 aromatic heterocycles. The zero-order valence-corrected chi connectivity index (χ0v) is 13.3. The van der Waals surface area contributed by atoms with E-state index in [0.29, 0.717) is 5.56 Å². The molecule has 0 saturated carbocycles. The van der Waals surface area contributed by atoms with Crippen molar-refractivity contribution in [2.75, 3.05) is 7.11 Å². The van der Waals surface area contributed by atoms with Crippen LogP contribution in [0.3, 0.4) is 0 Å². The van der Waals surface area contributed by atoms with Gasteiger partial charge < -0.3 is 4.74 Å².